The normalized spacial score (nSPS) is 20.4. The number of carbonyl (C=O) groups is 1. The van der Waals surface area contributed by atoms with E-state index >= 15 is 0 Å². The van der Waals surface area contributed by atoms with Gasteiger partial charge in [-0.05, 0) is 51.4 Å². The third kappa shape index (κ3) is 8.84. The Kier molecular flexibility index (Phi) is 12.6. The Bertz CT molecular complexity index is 2030. The summed E-state index contributed by atoms with van der Waals surface area (Å²) in [5.74, 6) is -0.639. The number of carbonyl (C=O) groups excluding carboxylic acids is 1. The van der Waals surface area contributed by atoms with E-state index in [0.717, 1.165) is 32.1 Å². The highest BCUT2D eigenvalue weighted by molar-refractivity contribution is 14.1. The van der Waals surface area contributed by atoms with Crippen LogP contribution in [0, 0.1) is 0 Å². The molecular formula is C41H43IN2O7S. The average Bonchev–Trinajstić information content (AvgIpc) is 3.15. The van der Waals surface area contributed by atoms with Crippen molar-refractivity contribution in [1.29, 1.82) is 0 Å². The Morgan fingerprint density at radius 2 is 1.13 bits per heavy atom. The molecule has 1 heterocycles. The van der Waals surface area contributed by atoms with Crippen LogP contribution in [0.1, 0.15) is 23.6 Å². The van der Waals surface area contributed by atoms with Crippen molar-refractivity contribution in [3.63, 3.8) is 0 Å². The van der Waals surface area contributed by atoms with Crippen molar-refractivity contribution >= 4 is 55.0 Å². The zero-order valence-corrected chi connectivity index (χ0v) is 32.4. The van der Waals surface area contributed by atoms with E-state index in [4.69, 9.17) is 18.9 Å². The molecule has 0 bridgehead atoms. The first kappa shape index (κ1) is 37.9. The number of halogens is 1. The van der Waals surface area contributed by atoms with Crippen molar-refractivity contribution in [1.82, 2.24) is 4.31 Å². The molecule has 11 heteroatoms. The summed E-state index contributed by atoms with van der Waals surface area (Å²) in [7, 11) is -0.546. The molecule has 6 rings (SSSR count). The number of amides is 1. The molecule has 0 aromatic heterocycles. The Hall–Kier alpha value is -3.85. The number of anilines is 1. The van der Waals surface area contributed by atoms with Gasteiger partial charge in [-0.15, -0.1) is 0 Å². The molecule has 0 aliphatic carbocycles. The highest BCUT2D eigenvalue weighted by atomic mass is 127. The van der Waals surface area contributed by atoms with E-state index in [1.165, 1.54) is 6.92 Å². The molecule has 1 fully saturated rings. The third-order valence-corrected chi connectivity index (χ3v) is 11.9. The van der Waals surface area contributed by atoms with Crippen molar-refractivity contribution in [2.45, 2.75) is 60.2 Å². The number of benzene rings is 5. The third-order valence-electron chi connectivity index (χ3n) is 9.04. The molecule has 52 heavy (non-hydrogen) atoms. The molecule has 9 nitrogen and oxygen atoms in total. The van der Waals surface area contributed by atoms with E-state index in [2.05, 4.69) is 22.6 Å². The Labute approximate surface area is 319 Å². The number of hydrogen-bond donors (Lipinski definition) is 0. The lowest BCUT2D eigenvalue weighted by molar-refractivity contribution is -0.243. The fourth-order valence-corrected chi connectivity index (χ4v) is 9.06. The summed E-state index contributed by atoms with van der Waals surface area (Å²) in [6.07, 6.45) is -2.99. The SMILES string of the molecule is CC(=O)N(C[C@H]1O[C@H](I)[C@H](OCc2ccccc2)[C@@H](OCc2ccccc2)[C@H]1OCc1ccccc1)S(=O)(=O)c1cccc2c(N(C)C)cccc12. The smallest absolute Gasteiger partial charge is 0.267 e. The summed E-state index contributed by atoms with van der Waals surface area (Å²) in [4.78, 5) is 15.4. The molecule has 0 N–H and O–H groups in total. The first-order valence-electron chi connectivity index (χ1n) is 17.1. The maximum Gasteiger partial charge on any atom is 0.267 e. The van der Waals surface area contributed by atoms with Gasteiger partial charge in [0.2, 0.25) is 5.91 Å². The van der Waals surface area contributed by atoms with Crippen LogP contribution in [0.4, 0.5) is 5.69 Å². The summed E-state index contributed by atoms with van der Waals surface area (Å²) < 4.78 is 55.9. The predicted octanol–water partition coefficient (Wildman–Crippen LogP) is 7.36. The number of nitrogens with zero attached hydrogens (tertiary/aromatic N) is 2. The molecule has 0 spiro atoms. The van der Waals surface area contributed by atoms with Crippen LogP contribution in [-0.4, -0.2) is 67.8 Å². The number of sulfonamides is 1. The Morgan fingerprint density at radius 1 is 0.654 bits per heavy atom. The fourth-order valence-electron chi connectivity index (χ4n) is 6.44. The monoisotopic (exact) mass is 834 g/mol. The first-order valence-corrected chi connectivity index (χ1v) is 19.8. The minimum atomic E-state index is -4.35. The van der Waals surface area contributed by atoms with Gasteiger partial charge in [0.25, 0.3) is 10.0 Å². The summed E-state index contributed by atoms with van der Waals surface area (Å²) in [6.45, 7) is 1.73. The van der Waals surface area contributed by atoms with Gasteiger partial charge in [-0.25, -0.2) is 12.7 Å². The van der Waals surface area contributed by atoms with E-state index in [0.29, 0.717) is 12.0 Å². The van der Waals surface area contributed by atoms with Crippen LogP contribution in [0.5, 0.6) is 0 Å². The maximum absolute atomic E-state index is 14.6. The molecule has 272 valence electrons. The molecule has 1 saturated heterocycles. The summed E-state index contributed by atoms with van der Waals surface area (Å²) >= 11 is 2.17. The molecule has 0 unspecified atom stereocenters. The lowest BCUT2D eigenvalue weighted by Gasteiger charge is -2.45. The van der Waals surface area contributed by atoms with Gasteiger partial charge in [-0.1, -0.05) is 115 Å². The second-order valence-corrected chi connectivity index (χ2v) is 15.9. The van der Waals surface area contributed by atoms with E-state index in [9.17, 15) is 13.2 Å². The van der Waals surface area contributed by atoms with Gasteiger partial charge in [0.05, 0.1) is 31.3 Å². The van der Waals surface area contributed by atoms with Gasteiger partial charge >= 0.3 is 0 Å². The van der Waals surface area contributed by atoms with Crippen LogP contribution >= 0.6 is 22.6 Å². The van der Waals surface area contributed by atoms with Crippen LogP contribution in [0.3, 0.4) is 0 Å². The summed E-state index contributed by atoms with van der Waals surface area (Å²) in [6, 6.07) is 40.0. The van der Waals surface area contributed by atoms with Gasteiger partial charge in [0.15, 0.2) is 0 Å². The van der Waals surface area contributed by atoms with Crippen LogP contribution in [0.25, 0.3) is 10.8 Å². The highest BCUT2D eigenvalue weighted by Crippen LogP contribution is 2.36. The lowest BCUT2D eigenvalue weighted by atomic mass is 9.98. The number of fused-ring (bicyclic) bond motifs is 1. The quantitative estimate of drug-likeness (QED) is 0.0847. The van der Waals surface area contributed by atoms with Crippen molar-refractivity contribution in [2.75, 3.05) is 25.5 Å². The zero-order chi connectivity index (χ0) is 36.7. The minimum Gasteiger partial charge on any atom is -0.377 e. The number of alkyl halides is 1. The second-order valence-electron chi connectivity index (χ2n) is 12.9. The molecule has 5 aromatic carbocycles. The topological polar surface area (TPSA) is 94.6 Å². The highest BCUT2D eigenvalue weighted by Gasteiger charge is 2.49. The van der Waals surface area contributed by atoms with Gasteiger partial charge < -0.3 is 23.8 Å². The molecule has 1 aliphatic heterocycles. The van der Waals surface area contributed by atoms with Crippen molar-refractivity contribution in [3.8, 4) is 0 Å². The minimum absolute atomic E-state index is 0.0356. The Morgan fingerprint density at radius 3 is 1.65 bits per heavy atom. The van der Waals surface area contributed by atoms with Crippen molar-refractivity contribution in [2.24, 2.45) is 0 Å². The largest absolute Gasteiger partial charge is 0.377 e. The van der Waals surface area contributed by atoms with Crippen molar-refractivity contribution in [3.05, 3.63) is 144 Å². The Balaban J connectivity index is 1.37. The number of rotatable bonds is 14. The average molecular weight is 835 g/mol. The molecule has 0 saturated carbocycles. The van der Waals surface area contributed by atoms with Gasteiger partial charge in [0.1, 0.15) is 28.5 Å². The molecule has 5 aromatic rings. The second kappa shape index (κ2) is 17.3. The number of ether oxygens (including phenoxy) is 4. The van der Waals surface area contributed by atoms with E-state index < -0.39 is 44.5 Å². The molecule has 0 radical (unpaired) electrons. The van der Waals surface area contributed by atoms with Gasteiger partial charge in [-0.3, -0.25) is 4.79 Å². The van der Waals surface area contributed by atoms with Crippen LogP contribution in [-0.2, 0) is 53.6 Å². The maximum atomic E-state index is 14.6. The zero-order valence-electron chi connectivity index (χ0n) is 29.4. The molecule has 1 amide bonds. The first-order chi connectivity index (χ1) is 25.1. The summed E-state index contributed by atoms with van der Waals surface area (Å²) in [5.41, 5.74) is 3.73. The van der Waals surface area contributed by atoms with Crippen LogP contribution < -0.4 is 4.90 Å². The van der Waals surface area contributed by atoms with Gasteiger partial charge in [0, 0.05) is 37.5 Å². The fraction of sp³-hybridized carbons (Fsp3) is 0.293. The van der Waals surface area contributed by atoms with E-state index in [1.54, 1.807) is 18.2 Å². The lowest BCUT2D eigenvalue weighted by Crippen LogP contribution is -2.61. The molecular weight excluding hydrogens is 791 g/mol. The molecule has 1 aliphatic rings. The predicted molar refractivity (Wildman–Crippen MR) is 211 cm³/mol. The standard InChI is InChI=1S/C41H43IN2O7S/c1-29(45)44(52(46,47)37-24-14-21-33-34(37)22-13-23-35(33)43(2)3)25-36-38(48-26-30-15-7-4-8-16-30)39(49-27-31-17-9-5-10-18-31)40(41(42)51-36)50-28-32-19-11-6-12-20-32/h4-24,36,38-41H,25-28H2,1-3H3/t36-,38+,39+,40-,41+/m1/s1. The van der Waals surface area contributed by atoms with E-state index in [1.807, 2.05) is 128 Å². The van der Waals surface area contributed by atoms with Gasteiger partial charge in [-0.2, -0.15) is 0 Å². The van der Waals surface area contributed by atoms with Crippen molar-refractivity contribution < 1.29 is 32.2 Å². The summed E-state index contributed by atoms with van der Waals surface area (Å²) in [5, 5.41) is 1.28. The molecule has 5 atom stereocenters. The van der Waals surface area contributed by atoms with Crippen LogP contribution in [0.15, 0.2) is 132 Å². The number of hydrogen-bond acceptors (Lipinski definition) is 8. The van der Waals surface area contributed by atoms with Crippen LogP contribution in [0.2, 0.25) is 0 Å². The van der Waals surface area contributed by atoms with E-state index in [-0.39, 0.29) is 24.7 Å².